The molecule has 0 aliphatic heterocycles. The van der Waals surface area contributed by atoms with Gasteiger partial charge in [0, 0.05) is 30.3 Å². The molecule has 4 N–H and O–H groups in total. The molecule has 0 fully saturated rings. The lowest BCUT2D eigenvalue weighted by Crippen LogP contribution is -2.28. The van der Waals surface area contributed by atoms with Crippen molar-refractivity contribution in [3.63, 3.8) is 0 Å². The van der Waals surface area contributed by atoms with Gasteiger partial charge in [0.2, 0.25) is 0 Å². The van der Waals surface area contributed by atoms with Crippen molar-refractivity contribution >= 4 is 11.6 Å². The number of nitrogen functional groups attached to an aromatic ring is 1. The second kappa shape index (κ2) is 8.70. The van der Waals surface area contributed by atoms with Gasteiger partial charge in [-0.15, -0.1) is 5.10 Å². The van der Waals surface area contributed by atoms with Crippen LogP contribution in [-0.4, -0.2) is 30.7 Å². The second-order valence-electron chi connectivity index (χ2n) is 7.96. The van der Waals surface area contributed by atoms with Gasteiger partial charge in [-0.1, -0.05) is 24.3 Å². The predicted octanol–water partition coefficient (Wildman–Crippen LogP) is 2.88. The van der Waals surface area contributed by atoms with Gasteiger partial charge < -0.3 is 11.5 Å². The first kappa shape index (κ1) is 23.7. The minimum atomic E-state index is -4.62. The van der Waals surface area contributed by atoms with E-state index in [1.54, 1.807) is 42.2 Å². The number of carbonyl (C=O) groups is 1. The SMILES string of the molecule is CC(c1cc(N)cc(C(F)(F)F)c1)c1cc(=O)n(-c2cccc(-c3cnnn3C)c2)nc1C(N)=O. The number of aryl methyl sites for hydroxylation is 1. The van der Waals surface area contributed by atoms with E-state index in [4.69, 9.17) is 11.5 Å². The summed E-state index contributed by atoms with van der Waals surface area (Å²) in [7, 11) is 1.71. The lowest BCUT2D eigenvalue weighted by molar-refractivity contribution is -0.137. The number of alkyl halides is 3. The number of hydrogen-bond acceptors (Lipinski definition) is 6. The molecule has 2 aromatic heterocycles. The van der Waals surface area contributed by atoms with Gasteiger partial charge in [0.25, 0.3) is 11.5 Å². The average Bonchev–Trinajstić information content (AvgIpc) is 3.23. The Morgan fingerprint density at radius 1 is 1.11 bits per heavy atom. The molecule has 4 aromatic rings. The number of nitrogens with zero attached hydrogens (tertiary/aromatic N) is 5. The molecular weight excluding hydrogens is 463 g/mol. The highest BCUT2D eigenvalue weighted by atomic mass is 19.4. The molecule has 12 heteroatoms. The second-order valence-corrected chi connectivity index (χ2v) is 7.96. The molecule has 9 nitrogen and oxygen atoms in total. The minimum absolute atomic E-state index is 0.0875. The summed E-state index contributed by atoms with van der Waals surface area (Å²) < 4.78 is 42.4. The highest BCUT2D eigenvalue weighted by Crippen LogP contribution is 2.35. The van der Waals surface area contributed by atoms with Crippen LogP contribution in [0.15, 0.2) is 59.5 Å². The minimum Gasteiger partial charge on any atom is -0.399 e. The van der Waals surface area contributed by atoms with Crippen LogP contribution in [0.5, 0.6) is 0 Å². The van der Waals surface area contributed by atoms with Crippen molar-refractivity contribution in [1.29, 1.82) is 0 Å². The number of nitrogens with two attached hydrogens (primary N) is 2. The molecule has 1 atom stereocenters. The average molecular weight is 483 g/mol. The Bertz CT molecular complexity index is 1490. The molecule has 4 rings (SSSR count). The Morgan fingerprint density at radius 3 is 2.49 bits per heavy atom. The largest absolute Gasteiger partial charge is 0.416 e. The number of carbonyl (C=O) groups excluding carboxylic acids is 1. The van der Waals surface area contributed by atoms with E-state index in [-0.39, 0.29) is 22.5 Å². The van der Waals surface area contributed by atoms with Gasteiger partial charge in [-0.25, -0.2) is 4.68 Å². The Labute approximate surface area is 196 Å². The summed E-state index contributed by atoms with van der Waals surface area (Å²) in [6.07, 6.45) is -3.07. The third kappa shape index (κ3) is 4.63. The van der Waals surface area contributed by atoms with E-state index in [2.05, 4.69) is 15.4 Å². The van der Waals surface area contributed by atoms with Gasteiger partial charge in [0.05, 0.1) is 23.1 Å². The maximum absolute atomic E-state index is 13.3. The normalized spacial score (nSPS) is 12.5. The maximum atomic E-state index is 13.3. The van der Waals surface area contributed by atoms with E-state index in [0.717, 1.165) is 22.9 Å². The van der Waals surface area contributed by atoms with Crippen molar-refractivity contribution in [2.45, 2.75) is 19.0 Å². The van der Waals surface area contributed by atoms with E-state index in [9.17, 15) is 22.8 Å². The van der Waals surface area contributed by atoms with Crippen LogP contribution in [0.1, 0.15) is 40.0 Å². The standard InChI is InChI=1S/C23H20F3N7O2/c1-12(14-6-15(23(24,25)26)9-16(27)7-14)18-10-20(34)33(30-21(18)22(28)35)17-5-3-4-13(8-17)19-11-29-31-32(19)2/h3-12H,27H2,1-2H3,(H2,28,35). The first-order valence-corrected chi connectivity index (χ1v) is 10.3. The van der Waals surface area contributed by atoms with Gasteiger partial charge in [0.15, 0.2) is 5.69 Å². The summed E-state index contributed by atoms with van der Waals surface area (Å²) in [5.41, 5.74) is 11.3. The third-order valence-electron chi connectivity index (χ3n) is 5.57. The molecule has 0 saturated carbocycles. The zero-order valence-electron chi connectivity index (χ0n) is 18.6. The Balaban J connectivity index is 1.83. The number of amides is 1. The number of benzene rings is 2. The Morgan fingerprint density at radius 2 is 1.86 bits per heavy atom. The van der Waals surface area contributed by atoms with Crippen molar-refractivity contribution in [2.24, 2.45) is 12.8 Å². The molecule has 2 aromatic carbocycles. The molecule has 0 spiro atoms. The number of primary amides is 1. The van der Waals surface area contributed by atoms with Crippen molar-refractivity contribution in [3.05, 3.63) is 87.5 Å². The monoisotopic (exact) mass is 483 g/mol. The predicted molar refractivity (Wildman–Crippen MR) is 122 cm³/mol. The van der Waals surface area contributed by atoms with Crippen LogP contribution in [0.3, 0.4) is 0 Å². The lowest BCUT2D eigenvalue weighted by atomic mass is 9.90. The van der Waals surface area contributed by atoms with Gasteiger partial charge >= 0.3 is 6.18 Å². The topological polar surface area (TPSA) is 135 Å². The van der Waals surface area contributed by atoms with Gasteiger partial charge in [-0.2, -0.15) is 23.0 Å². The van der Waals surface area contributed by atoms with Crippen molar-refractivity contribution in [1.82, 2.24) is 24.8 Å². The summed E-state index contributed by atoms with van der Waals surface area (Å²) in [6.45, 7) is 1.54. The van der Waals surface area contributed by atoms with Crippen LogP contribution < -0.4 is 17.0 Å². The van der Waals surface area contributed by atoms with E-state index < -0.39 is 29.1 Å². The van der Waals surface area contributed by atoms with Gasteiger partial charge in [-0.05, 0) is 41.5 Å². The molecule has 2 heterocycles. The molecule has 0 saturated heterocycles. The molecule has 0 bridgehead atoms. The smallest absolute Gasteiger partial charge is 0.399 e. The fourth-order valence-electron chi connectivity index (χ4n) is 3.79. The summed E-state index contributed by atoms with van der Waals surface area (Å²) in [6, 6.07) is 11.0. The molecule has 35 heavy (non-hydrogen) atoms. The Kier molecular flexibility index (Phi) is 5.89. The number of anilines is 1. The summed E-state index contributed by atoms with van der Waals surface area (Å²) >= 11 is 0. The zero-order valence-corrected chi connectivity index (χ0v) is 18.6. The first-order chi connectivity index (χ1) is 16.5. The van der Waals surface area contributed by atoms with Crippen LogP contribution in [-0.2, 0) is 13.2 Å². The third-order valence-corrected chi connectivity index (χ3v) is 5.57. The highest BCUT2D eigenvalue weighted by Gasteiger charge is 2.32. The van der Waals surface area contributed by atoms with E-state index in [1.165, 1.54) is 13.0 Å². The van der Waals surface area contributed by atoms with Crippen LogP contribution in [0.4, 0.5) is 18.9 Å². The number of aromatic nitrogens is 5. The molecule has 0 aliphatic rings. The zero-order chi connectivity index (χ0) is 25.5. The molecular formula is C23H20F3N7O2. The van der Waals surface area contributed by atoms with Gasteiger partial charge in [0.1, 0.15) is 0 Å². The van der Waals surface area contributed by atoms with Crippen molar-refractivity contribution < 1.29 is 18.0 Å². The molecule has 0 aliphatic carbocycles. The number of rotatable bonds is 5. The van der Waals surface area contributed by atoms with Crippen molar-refractivity contribution in [3.8, 4) is 16.9 Å². The molecule has 0 radical (unpaired) electrons. The maximum Gasteiger partial charge on any atom is 0.416 e. The van der Waals surface area contributed by atoms with Gasteiger partial charge in [-0.3, -0.25) is 9.59 Å². The Hall–Kier alpha value is -4.48. The summed E-state index contributed by atoms with van der Waals surface area (Å²) in [4.78, 5) is 25.3. The number of hydrogen-bond donors (Lipinski definition) is 2. The van der Waals surface area contributed by atoms with Crippen LogP contribution in [0.25, 0.3) is 16.9 Å². The summed E-state index contributed by atoms with van der Waals surface area (Å²) in [5.74, 6) is -1.77. The van der Waals surface area contributed by atoms with Crippen LogP contribution in [0, 0.1) is 0 Å². The first-order valence-electron chi connectivity index (χ1n) is 10.3. The van der Waals surface area contributed by atoms with Crippen molar-refractivity contribution in [2.75, 3.05) is 5.73 Å². The molecule has 1 amide bonds. The van der Waals surface area contributed by atoms with Crippen LogP contribution in [0.2, 0.25) is 0 Å². The summed E-state index contributed by atoms with van der Waals surface area (Å²) in [5, 5.41) is 11.9. The quantitative estimate of drug-likeness (QED) is 0.419. The lowest BCUT2D eigenvalue weighted by Gasteiger charge is -2.18. The highest BCUT2D eigenvalue weighted by molar-refractivity contribution is 5.92. The fourth-order valence-corrected chi connectivity index (χ4v) is 3.79. The fraction of sp³-hybridized carbons (Fsp3) is 0.174. The van der Waals surface area contributed by atoms with E-state index in [1.807, 2.05) is 0 Å². The number of halogens is 3. The van der Waals surface area contributed by atoms with E-state index >= 15 is 0 Å². The van der Waals surface area contributed by atoms with E-state index in [0.29, 0.717) is 16.9 Å². The van der Waals surface area contributed by atoms with Crippen LogP contribution >= 0.6 is 0 Å². The molecule has 1 unspecified atom stereocenters. The molecule has 180 valence electrons.